The van der Waals surface area contributed by atoms with E-state index in [2.05, 4.69) is 21.2 Å². The molecule has 3 rings (SSSR count). The van der Waals surface area contributed by atoms with Crippen molar-refractivity contribution in [3.05, 3.63) is 69.2 Å². The third kappa shape index (κ3) is 6.06. The summed E-state index contributed by atoms with van der Waals surface area (Å²) < 4.78 is 0.974. The van der Waals surface area contributed by atoms with E-state index in [1.807, 2.05) is 42.5 Å². The minimum Gasteiger partial charge on any atom is -0.352 e. The lowest BCUT2D eigenvalue weighted by Crippen LogP contribution is -2.50. The van der Waals surface area contributed by atoms with E-state index in [0.29, 0.717) is 11.6 Å². The van der Waals surface area contributed by atoms with Crippen LogP contribution in [-0.2, 0) is 22.6 Å². The lowest BCUT2D eigenvalue weighted by Gasteiger charge is -2.30. The molecule has 2 aromatic carbocycles. The van der Waals surface area contributed by atoms with E-state index in [1.165, 1.54) is 0 Å². The van der Waals surface area contributed by atoms with Crippen LogP contribution in [0.4, 0.5) is 0 Å². The van der Waals surface area contributed by atoms with Gasteiger partial charge in [-0.1, -0.05) is 70.7 Å². The van der Waals surface area contributed by atoms with Crippen molar-refractivity contribution in [2.45, 2.75) is 57.7 Å². The van der Waals surface area contributed by atoms with Crippen LogP contribution in [0.5, 0.6) is 0 Å². The highest BCUT2D eigenvalue weighted by molar-refractivity contribution is 9.10. The molecule has 0 bridgehead atoms. The lowest BCUT2D eigenvalue weighted by atomic mass is 10.1. The zero-order chi connectivity index (χ0) is 20.8. The number of benzene rings is 2. The number of hydrogen-bond donors (Lipinski definition) is 1. The van der Waals surface area contributed by atoms with Gasteiger partial charge in [-0.05, 0) is 49.1 Å². The van der Waals surface area contributed by atoms with E-state index in [1.54, 1.807) is 17.9 Å². The Kier molecular flexibility index (Phi) is 7.73. The molecule has 1 unspecified atom stereocenters. The average Bonchev–Trinajstić information content (AvgIpc) is 3.21. The fourth-order valence-corrected chi connectivity index (χ4v) is 4.13. The molecule has 1 aliphatic carbocycles. The highest BCUT2D eigenvalue weighted by Gasteiger charge is 2.28. The Hall–Kier alpha value is -1.85. The molecule has 6 heteroatoms. The Balaban J connectivity index is 1.77. The van der Waals surface area contributed by atoms with Gasteiger partial charge in [-0.3, -0.25) is 9.59 Å². The van der Waals surface area contributed by atoms with Crippen LogP contribution in [0.15, 0.2) is 53.0 Å². The number of amides is 2. The third-order valence-electron chi connectivity index (χ3n) is 5.43. The smallest absolute Gasteiger partial charge is 0.242 e. The van der Waals surface area contributed by atoms with E-state index in [9.17, 15) is 9.59 Å². The number of carbonyl (C=O) groups is 2. The first-order valence-electron chi connectivity index (χ1n) is 10.0. The summed E-state index contributed by atoms with van der Waals surface area (Å²) in [5.41, 5.74) is 1.74. The van der Waals surface area contributed by atoms with Crippen LogP contribution in [0.25, 0.3) is 0 Å². The number of rotatable bonds is 7. The average molecular weight is 478 g/mol. The number of nitrogens with zero attached hydrogens (tertiary/aromatic N) is 1. The van der Waals surface area contributed by atoms with Crippen molar-refractivity contribution < 1.29 is 9.59 Å². The third-order valence-corrected chi connectivity index (χ3v) is 6.33. The van der Waals surface area contributed by atoms with Gasteiger partial charge < -0.3 is 10.2 Å². The van der Waals surface area contributed by atoms with Crippen LogP contribution < -0.4 is 5.32 Å². The van der Waals surface area contributed by atoms with Gasteiger partial charge in [0, 0.05) is 22.1 Å². The SMILES string of the molecule is CC(C(=O)NC1CCCC1)N(Cc1ccc(Br)cc1)C(=O)Cc1ccccc1Cl. The predicted octanol–water partition coefficient (Wildman–Crippen LogP) is 5.12. The van der Waals surface area contributed by atoms with Crippen molar-refractivity contribution in [3.8, 4) is 0 Å². The number of carbonyl (C=O) groups excluding carboxylic acids is 2. The van der Waals surface area contributed by atoms with Crippen LogP contribution in [0.3, 0.4) is 0 Å². The van der Waals surface area contributed by atoms with Gasteiger partial charge in [-0.2, -0.15) is 0 Å². The van der Waals surface area contributed by atoms with Crippen molar-refractivity contribution in [2.75, 3.05) is 0 Å². The second kappa shape index (κ2) is 10.3. The molecule has 1 N–H and O–H groups in total. The summed E-state index contributed by atoms with van der Waals surface area (Å²) in [7, 11) is 0. The lowest BCUT2D eigenvalue weighted by molar-refractivity contribution is -0.140. The Morgan fingerprint density at radius 1 is 1.14 bits per heavy atom. The topological polar surface area (TPSA) is 49.4 Å². The summed E-state index contributed by atoms with van der Waals surface area (Å²) in [5.74, 6) is -0.211. The Morgan fingerprint density at radius 3 is 2.45 bits per heavy atom. The molecular formula is C23H26BrClN2O2. The summed E-state index contributed by atoms with van der Waals surface area (Å²) in [6.07, 6.45) is 4.48. The van der Waals surface area contributed by atoms with Crippen LogP contribution in [-0.4, -0.2) is 28.8 Å². The second-order valence-electron chi connectivity index (χ2n) is 7.58. The first kappa shape index (κ1) is 21.8. The van der Waals surface area contributed by atoms with E-state index in [0.717, 1.165) is 41.3 Å². The summed E-state index contributed by atoms with van der Waals surface area (Å²) in [6, 6.07) is 14.8. The Labute approximate surface area is 185 Å². The van der Waals surface area contributed by atoms with Crippen molar-refractivity contribution in [2.24, 2.45) is 0 Å². The minimum atomic E-state index is -0.561. The standard InChI is InChI=1S/C23H26BrClN2O2/c1-16(23(29)26-20-7-3-4-8-20)27(15-17-10-12-19(24)13-11-17)22(28)14-18-6-2-5-9-21(18)25/h2,5-6,9-13,16,20H,3-4,7-8,14-15H2,1H3,(H,26,29). The second-order valence-corrected chi connectivity index (χ2v) is 8.91. The maximum Gasteiger partial charge on any atom is 0.242 e. The normalized spacial score (nSPS) is 15.1. The molecule has 0 spiro atoms. The number of hydrogen-bond acceptors (Lipinski definition) is 2. The molecule has 154 valence electrons. The molecular weight excluding hydrogens is 452 g/mol. The molecule has 1 saturated carbocycles. The van der Waals surface area contributed by atoms with Gasteiger partial charge in [-0.25, -0.2) is 0 Å². The van der Waals surface area contributed by atoms with Crippen molar-refractivity contribution in [3.63, 3.8) is 0 Å². The maximum absolute atomic E-state index is 13.2. The molecule has 1 aliphatic rings. The quantitative estimate of drug-likeness (QED) is 0.601. The van der Waals surface area contributed by atoms with Crippen LogP contribution >= 0.6 is 27.5 Å². The Bertz CT molecular complexity index is 850. The van der Waals surface area contributed by atoms with Crippen LogP contribution in [0.1, 0.15) is 43.7 Å². The van der Waals surface area contributed by atoms with E-state index >= 15 is 0 Å². The highest BCUT2D eigenvalue weighted by Crippen LogP contribution is 2.21. The van der Waals surface area contributed by atoms with E-state index in [-0.39, 0.29) is 24.3 Å². The van der Waals surface area contributed by atoms with Crippen molar-refractivity contribution >= 4 is 39.3 Å². The molecule has 0 radical (unpaired) electrons. The van der Waals surface area contributed by atoms with Crippen LogP contribution in [0.2, 0.25) is 5.02 Å². The number of halogens is 2. The van der Waals surface area contributed by atoms with E-state index in [4.69, 9.17) is 11.6 Å². The van der Waals surface area contributed by atoms with Gasteiger partial charge in [0.05, 0.1) is 6.42 Å². The predicted molar refractivity (Wildman–Crippen MR) is 120 cm³/mol. The van der Waals surface area contributed by atoms with Gasteiger partial charge in [0.1, 0.15) is 6.04 Å². The molecule has 2 amide bonds. The molecule has 29 heavy (non-hydrogen) atoms. The summed E-state index contributed by atoms with van der Waals surface area (Å²) in [5, 5.41) is 3.68. The minimum absolute atomic E-state index is 0.0958. The molecule has 1 atom stereocenters. The zero-order valence-corrected chi connectivity index (χ0v) is 18.9. The van der Waals surface area contributed by atoms with Crippen molar-refractivity contribution in [1.29, 1.82) is 0 Å². The van der Waals surface area contributed by atoms with Gasteiger partial charge in [-0.15, -0.1) is 0 Å². The van der Waals surface area contributed by atoms with E-state index < -0.39 is 6.04 Å². The molecule has 0 aromatic heterocycles. The maximum atomic E-state index is 13.2. The molecule has 1 fully saturated rings. The first-order chi connectivity index (χ1) is 13.9. The molecule has 0 heterocycles. The van der Waals surface area contributed by atoms with Crippen molar-refractivity contribution in [1.82, 2.24) is 10.2 Å². The molecule has 2 aromatic rings. The van der Waals surface area contributed by atoms with Gasteiger partial charge in [0.2, 0.25) is 11.8 Å². The number of nitrogens with one attached hydrogen (secondary N) is 1. The first-order valence-corrected chi connectivity index (χ1v) is 11.2. The fraction of sp³-hybridized carbons (Fsp3) is 0.391. The molecule has 4 nitrogen and oxygen atoms in total. The largest absolute Gasteiger partial charge is 0.352 e. The summed E-state index contributed by atoms with van der Waals surface area (Å²) >= 11 is 9.69. The van der Waals surface area contributed by atoms with Crippen LogP contribution in [0, 0.1) is 0 Å². The Morgan fingerprint density at radius 2 is 1.79 bits per heavy atom. The van der Waals surface area contributed by atoms with Gasteiger partial charge >= 0.3 is 0 Å². The fourth-order valence-electron chi connectivity index (χ4n) is 3.67. The molecule has 0 aliphatic heterocycles. The zero-order valence-electron chi connectivity index (χ0n) is 16.5. The monoisotopic (exact) mass is 476 g/mol. The van der Waals surface area contributed by atoms with Gasteiger partial charge in [0.15, 0.2) is 0 Å². The highest BCUT2D eigenvalue weighted by atomic mass is 79.9. The summed E-state index contributed by atoms with van der Waals surface area (Å²) in [4.78, 5) is 27.7. The molecule has 0 saturated heterocycles. The summed E-state index contributed by atoms with van der Waals surface area (Å²) in [6.45, 7) is 2.17. The van der Waals surface area contributed by atoms with Gasteiger partial charge in [0.25, 0.3) is 0 Å².